The first-order chi connectivity index (χ1) is 5.60. The minimum absolute atomic E-state index is 0.271. The molecule has 0 aromatic heterocycles. The Morgan fingerprint density at radius 2 is 2.25 bits per heavy atom. The summed E-state index contributed by atoms with van der Waals surface area (Å²) in [7, 11) is -1.08. The van der Waals surface area contributed by atoms with Gasteiger partial charge in [0.05, 0.1) is 15.3 Å². The highest BCUT2D eigenvalue weighted by molar-refractivity contribution is 7.14. The first-order valence-electron chi connectivity index (χ1n) is 2.74. The van der Waals surface area contributed by atoms with Crippen LogP contribution in [0.3, 0.4) is 0 Å². The van der Waals surface area contributed by atoms with Crippen molar-refractivity contribution in [3.05, 3.63) is 0 Å². The summed E-state index contributed by atoms with van der Waals surface area (Å²) in [5, 5.41) is 9.51. The van der Waals surface area contributed by atoms with Crippen LogP contribution in [0.1, 0.15) is 6.92 Å². The number of hydrogen-bond donors (Lipinski definition) is 0. The van der Waals surface area contributed by atoms with Gasteiger partial charge in [0.2, 0.25) is 0 Å². The quantitative estimate of drug-likeness (QED) is 0.181. The van der Waals surface area contributed by atoms with Gasteiger partial charge in [0, 0.05) is 0 Å². The first-order valence-corrected chi connectivity index (χ1v) is 3.47. The van der Waals surface area contributed by atoms with Gasteiger partial charge in [0.1, 0.15) is 11.7 Å². The highest BCUT2D eigenvalue weighted by Gasteiger charge is 2.18. The molecule has 0 amide bonds. The fraction of sp³-hybridized carbons (Fsp3) is 0.500. The summed E-state index contributed by atoms with van der Waals surface area (Å²) < 4.78 is 8.35. The summed E-state index contributed by atoms with van der Waals surface area (Å²) in [5.41, 5.74) is -1.05. The van der Waals surface area contributed by atoms with Gasteiger partial charge in [-0.2, -0.15) is 0 Å². The molecule has 0 fully saturated rings. The van der Waals surface area contributed by atoms with E-state index in [1.807, 2.05) is 0 Å². The standard InChI is InChI=1S/C6H8O3.HO2P/c1-3-6(2,4-7)5-9-8;1-3-2/h1,4,8H,5H2,2H3;(H,1,2)/p-2/t6-;/m1./s1. The monoisotopic (exact) mass is 190 g/mol. The summed E-state index contributed by atoms with van der Waals surface area (Å²) in [6.07, 6.45) is 5.42. The van der Waals surface area contributed by atoms with E-state index in [-0.39, 0.29) is 6.61 Å². The van der Waals surface area contributed by atoms with Gasteiger partial charge in [-0.05, 0) is 6.92 Å². The Balaban J connectivity index is 0. The van der Waals surface area contributed by atoms with Crippen LogP contribution in [-0.2, 0) is 14.2 Å². The highest BCUT2D eigenvalue weighted by Crippen LogP contribution is 2.08. The van der Waals surface area contributed by atoms with Gasteiger partial charge in [-0.3, -0.25) is 4.57 Å². The number of hydrogen-bond acceptors (Lipinski definition) is 5. The van der Waals surface area contributed by atoms with Crippen molar-refractivity contribution in [3.63, 3.8) is 0 Å². The lowest BCUT2D eigenvalue weighted by molar-refractivity contribution is -0.691. The Labute approximate surface area is 71.6 Å². The summed E-state index contributed by atoms with van der Waals surface area (Å²) in [6, 6.07) is 0. The minimum atomic E-state index is -1.08. The van der Waals surface area contributed by atoms with Crippen LogP contribution in [0, 0.1) is 17.8 Å². The maximum Gasteiger partial charge on any atom is 0.140 e. The Morgan fingerprint density at radius 3 is 2.33 bits per heavy atom. The van der Waals surface area contributed by atoms with Gasteiger partial charge >= 0.3 is 0 Å². The molecule has 68 valence electrons. The molecule has 0 aliphatic heterocycles. The molecule has 0 rings (SSSR count). The number of terminal acetylenes is 1. The van der Waals surface area contributed by atoms with Gasteiger partial charge in [-0.15, -0.1) is 6.42 Å². The number of carbonyl (C=O) groups is 1. The fourth-order valence-corrected chi connectivity index (χ4v) is 0.232. The number of rotatable bonds is 3. The average Bonchev–Trinajstić information content (AvgIpc) is 2.06. The third-order valence-corrected chi connectivity index (χ3v) is 0.949. The third-order valence-electron chi connectivity index (χ3n) is 0.949. The molecule has 0 aliphatic rings. The van der Waals surface area contributed by atoms with Crippen molar-refractivity contribution in [2.24, 2.45) is 5.41 Å². The SMILES string of the molecule is C#C[C@](C)(C=O)CO[O-].O=P[O-]. The lowest BCUT2D eigenvalue weighted by atomic mass is 9.96. The Hall–Kier alpha value is -0.790. The summed E-state index contributed by atoms with van der Waals surface area (Å²) >= 11 is 0. The zero-order valence-corrected chi connectivity index (χ0v) is 7.24. The van der Waals surface area contributed by atoms with E-state index in [0.29, 0.717) is 6.29 Å². The van der Waals surface area contributed by atoms with Crippen molar-refractivity contribution < 1.29 is 24.4 Å². The maximum atomic E-state index is 10.1. The third kappa shape index (κ3) is 7.32. The van der Waals surface area contributed by atoms with Crippen LogP contribution < -0.4 is 10.2 Å². The lowest BCUT2D eigenvalue weighted by Crippen LogP contribution is -2.26. The summed E-state index contributed by atoms with van der Waals surface area (Å²) in [5.74, 6) is 2.14. The van der Waals surface area contributed by atoms with Gasteiger partial charge in [-0.25, -0.2) is 0 Å². The molecule has 0 heterocycles. The van der Waals surface area contributed by atoms with Gasteiger partial charge in [-0.1, -0.05) is 5.92 Å². The van der Waals surface area contributed by atoms with Gasteiger partial charge in [0.25, 0.3) is 0 Å². The van der Waals surface area contributed by atoms with E-state index in [1.165, 1.54) is 6.92 Å². The molecule has 0 aromatic rings. The molecule has 1 atom stereocenters. The Morgan fingerprint density at radius 1 is 1.83 bits per heavy atom. The average molecular weight is 190 g/mol. The van der Waals surface area contributed by atoms with E-state index in [9.17, 15) is 10.1 Å². The van der Waals surface area contributed by atoms with E-state index < -0.39 is 14.1 Å². The van der Waals surface area contributed by atoms with Crippen molar-refractivity contribution in [2.75, 3.05) is 6.61 Å². The van der Waals surface area contributed by atoms with E-state index in [0.717, 1.165) is 0 Å². The van der Waals surface area contributed by atoms with Crippen molar-refractivity contribution in [1.29, 1.82) is 0 Å². The van der Waals surface area contributed by atoms with Crippen LogP contribution in [0.15, 0.2) is 0 Å². The second kappa shape index (κ2) is 8.31. The number of aldehydes is 1. The maximum absolute atomic E-state index is 10.1. The first kappa shape index (κ1) is 13.8. The van der Waals surface area contributed by atoms with E-state index in [2.05, 4.69) is 10.8 Å². The predicted octanol–water partition coefficient (Wildman–Crippen LogP) is -1.33. The second-order valence-corrected chi connectivity index (χ2v) is 2.17. The van der Waals surface area contributed by atoms with Crippen molar-refractivity contribution in [2.45, 2.75) is 6.92 Å². The molecule has 6 heteroatoms. The molecule has 0 saturated heterocycles. The van der Waals surface area contributed by atoms with Crippen LogP contribution in [0.25, 0.3) is 0 Å². The molecular formula is C6H7O5P-2. The largest absolute Gasteiger partial charge is 0.772 e. The molecule has 5 nitrogen and oxygen atoms in total. The van der Waals surface area contributed by atoms with Crippen LogP contribution >= 0.6 is 8.69 Å². The zero-order valence-electron chi connectivity index (χ0n) is 6.35. The van der Waals surface area contributed by atoms with E-state index in [4.69, 9.17) is 15.9 Å². The van der Waals surface area contributed by atoms with E-state index in [1.54, 1.807) is 0 Å². The van der Waals surface area contributed by atoms with Gasteiger partial charge in [0.15, 0.2) is 0 Å². The summed E-state index contributed by atoms with van der Waals surface area (Å²) in [6.45, 7) is 1.19. The smallest absolute Gasteiger partial charge is 0.140 e. The zero-order chi connectivity index (χ0) is 10.0. The molecule has 0 spiro atoms. The summed E-state index contributed by atoms with van der Waals surface area (Å²) in [4.78, 5) is 21.9. The Kier molecular flexibility index (Phi) is 9.54. The molecular weight excluding hydrogens is 183 g/mol. The van der Waals surface area contributed by atoms with E-state index >= 15 is 0 Å². The fourth-order valence-electron chi connectivity index (χ4n) is 0.232. The molecule has 0 aromatic carbocycles. The molecule has 0 saturated carbocycles. The topological polar surface area (TPSA) is 89.5 Å². The van der Waals surface area contributed by atoms with Crippen LogP contribution in [0.5, 0.6) is 0 Å². The Bertz CT molecular complexity index is 175. The molecule has 0 aliphatic carbocycles. The van der Waals surface area contributed by atoms with Crippen LogP contribution in [0.4, 0.5) is 0 Å². The molecule has 12 heavy (non-hydrogen) atoms. The van der Waals surface area contributed by atoms with Crippen LogP contribution in [-0.4, -0.2) is 12.9 Å². The van der Waals surface area contributed by atoms with Crippen molar-refractivity contribution in [1.82, 2.24) is 0 Å². The number of carbonyl (C=O) groups excluding carboxylic acids is 1. The lowest BCUT2D eigenvalue weighted by Gasteiger charge is -2.17. The normalized spacial score (nSPS) is 13.5. The van der Waals surface area contributed by atoms with Crippen LogP contribution in [0.2, 0.25) is 0 Å². The molecule has 0 N–H and O–H groups in total. The predicted molar refractivity (Wildman–Crippen MR) is 36.6 cm³/mol. The second-order valence-electron chi connectivity index (χ2n) is 2.02. The molecule has 0 bridgehead atoms. The van der Waals surface area contributed by atoms with Crippen molar-refractivity contribution in [3.8, 4) is 12.3 Å². The molecule has 0 unspecified atom stereocenters. The van der Waals surface area contributed by atoms with Gasteiger partial charge < -0.3 is 19.8 Å². The highest BCUT2D eigenvalue weighted by atomic mass is 31.1. The van der Waals surface area contributed by atoms with Crippen molar-refractivity contribution >= 4 is 15.0 Å². The minimum Gasteiger partial charge on any atom is -0.772 e. The molecule has 0 radical (unpaired) electrons.